The van der Waals surface area contributed by atoms with Crippen molar-refractivity contribution in [1.82, 2.24) is 14.9 Å². The van der Waals surface area contributed by atoms with Crippen molar-refractivity contribution in [3.63, 3.8) is 0 Å². The Kier molecular flexibility index (Phi) is 6.75. The normalized spacial score (nSPS) is 21.6. The third kappa shape index (κ3) is 6.09. The van der Waals surface area contributed by atoms with Gasteiger partial charge in [0.25, 0.3) is 0 Å². The molecule has 7 heteroatoms. The molecule has 1 fully saturated rings. The van der Waals surface area contributed by atoms with Gasteiger partial charge in [-0.3, -0.25) is 0 Å². The first-order valence-corrected chi connectivity index (χ1v) is 9.24. The van der Waals surface area contributed by atoms with Crippen molar-refractivity contribution in [2.45, 2.75) is 58.0 Å². The van der Waals surface area contributed by atoms with Crippen LogP contribution in [0, 0.1) is 0 Å². The number of hydrogen-bond acceptors (Lipinski definition) is 3. The summed E-state index contributed by atoms with van der Waals surface area (Å²) in [6, 6.07) is 0.0243. The number of amides is 2. The molecule has 0 radical (unpaired) electrons. The van der Waals surface area contributed by atoms with Crippen LogP contribution in [0.25, 0.3) is 0 Å². The molecule has 20 heavy (non-hydrogen) atoms. The van der Waals surface area contributed by atoms with Crippen LogP contribution in [0.15, 0.2) is 0 Å². The molecule has 0 spiro atoms. The number of carbonyl (C=O) groups is 1. The number of rotatable bonds is 6. The average Bonchev–Trinajstić information content (AvgIpc) is 2.36. The van der Waals surface area contributed by atoms with E-state index in [-0.39, 0.29) is 18.1 Å². The van der Waals surface area contributed by atoms with E-state index in [9.17, 15) is 13.2 Å². The standard InChI is InChI=1S/C13H27N3O3S/c1-4-7-11(2)15-13(17)16-9-6-5-8-12(16)10-14-20(3,18)19/h11-12,14H,4-10H2,1-3H3,(H,15,17). The summed E-state index contributed by atoms with van der Waals surface area (Å²) in [6.45, 7) is 5.08. The molecule has 1 aliphatic heterocycles. The van der Waals surface area contributed by atoms with Crippen molar-refractivity contribution in [2.24, 2.45) is 0 Å². The lowest BCUT2D eigenvalue weighted by atomic mass is 10.0. The van der Waals surface area contributed by atoms with Crippen LogP contribution in [0.1, 0.15) is 46.0 Å². The maximum Gasteiger partial charge on any atom is 0.317 e. The molecule has 2 N–H and O–H groups in total. The molecule has 2 unspecified atom stereocenters. The Morgan fingerprint density at radius 1 is 1.40 bits per heavy atom. The molecular weight excluding hydrogens is 278 g/mol. The number of urea groups is 1. The molecule has 0 aromatic heterocycles. The molecular formula is C13H27N3O3S. The zero-order valence-electron chi connectivity index (χ0n) is 12.7. The van der Waals surface area contributed by atoms with Crippen molar-refractivity contribution in [3.05, 3.63) is 0 Å². The minimum atomic E-state index is -3.21. The fourth-order valence-electron chi connectivity index (χ4n) is 2.53. The van der Waals surface area contributed by atoms with E-state index in [4.69, 9.17) is 0 Å². The highest BCUT2D eigenvalue weighted by Gasteiger charge is 2.27. The van der Waals surface area contributed by atoms with Gasteiger partial charge >= 0.3 is 6.03 Å². The first kappa shape index (κ1) is 17.2. The highest BCUT2D eigenvalue weighted by molar-refractivity contribution is 7.88. The van der Waals surface area contributed by atoms with Gasteiger partial charge in [0.15, 0.2) is 0 Å². The van der Waals surface area contributed by atoms with E-state index < -0.39 is 10.0 Å². The Hall–Kier alpha value is -0.820. The number of piperidine rings is 1. The van der Waals surface area contributed by atoms with Gasteiger partial charge in [-0.1, -0.05) is 13.3 Å². The van der Waals surface area contributed by atoms with Gasteiger partial charge in [0.05, 0.1) is 6.26 Å². The Morgan fingerprint density at radius 2 is 2.10 bits per heavy atom. The number of hydrogen-bond donors (Lipinski definition) is 2. The molecule has 118 valence electrons. The second-order valence-corrected chi connectivity index (χ2v) is 7.44. The van der Waals surface area contributed by atoms with Crippen LogP contribution in [0.4, 0.5) is 4.79 Å². The molecule has 6 nitrogen and oxygen atoms in total. The zero-order chi connectivity index (χ0) is 15.2. The maximum absolute atomic E-state index is 12.3. The summed E-state index contributed by atoms with van der Waals surface area (Å²) in [7, 11) is -3.21. The number of nitrogens with one attached hydrogen (secondary N) is 2. The number of nitrogens with zero attached hydrogens (tertiary/aromatic N) is 1. The number of sulfonamides is 1. The number of likely N-dealkylation sites (tertiary alicyclic amines) is 1. The van der Waals surface area contributed by atoms with Crippen LogP contribution in [0.2, 0.25) is 0 Å². The molecule has 0 saturated carbocycles. The van der Waals surface area contributed by atoms with Crippen molar-refractivity contribution in [1.29, 1.82) is 0 Å². The third-order valence-corrected chi connectivity index (χ3v) is 4.25. The molecule has 1 rings (SSSR count). The first-order valence-electron chi connectivity index (χ1n) is 7.35. The van der Waals surface area contributed by atoms with Crippen LogP contribution in [-0.2, 0) is 10.0 Å². The minimum absolute atomic E-state index is 0.0488. The second-order valence-electron chi connectivity index (χ2n) is 5.60. The fraction of sp³-hybridized carbons (Fsp3) is 0.923. The third-order valence-electron chi connectivity index (χ3n) is 3.56. The van der Waals surface area contributed by atoms with Gasteiger partial charge in [0.2, 0.25) is 10.0 Å². The predicted molar refractivity (Wildman–Crippen MR) is 80.1 cm³/mol. The van der Waals surface area contributed by atoms with Gasteiger partial charge in [-0.2, -0.15) is 0 Å². The van der Waals surface area contributed by atoms with Gasteiger partial charge in [0.1, 0.15) is 0 Å². The van der Waals surface area contributed by atoms with E-state index in [0.717, 1.165) is 38.4 Å². The van der Waals surface area contributed by atoms with Crippen LogP contribution in [0.5, 0.6) is 0 Å². The summed E-state index contributed by atoms with van der Waals surface area (Å²) in [6.07, 6.45) is 5.98. The molecule has 2 amide bonds. The average molecular weight is 305 g/mol. The van der Waals surface area contributed by atoms with E-state index in [1.807, 2.05) is 6.92 Å². The van der Waals surface area contributed by atoms with Crippen LogP contribution < -0.4 is 10.0 Å². The Bertz CT molecular complexity index is 411. The molecule has 1 heterocycles. The van der Waals surface area contributed by atoms with Gasteiger partial charge < -0.3 is 10.2 Å². The molecule has 1 aliphatic rings. The van der Waals surface area contributed by atoms with Crippen LogP contribution in [0.3, 0.4) is 0 Å². The van der Waals surface area contributed by atoms with Crippen molar-refractivity contribution in [2.75, 3.05) is 19.3 Å². The Balaban J connectivity index is 2.56. The molecule has 0 aromatic carbocycles. The van der Waals surface area contributed by atoms with Crippen molar-refractivity contribution in [3.8, 4) is 0 Å². The zero-order valence-corrected chi connectivity index (χ0v) is 13.5. The highest BCUT2D eigenvalue weighted by atomic mass is 32.2. The summed E-state index contributed by atoms with van der Waals surface area (Å²) >= 11 is 0. The summed E-state index contributed by atoms with van der Waals surface area (Å²) < 4.78 is 24.9. The highest BCUT2D eigenvalue weighted by Crippen LogP contribution is 2.17. The lowest BCUT2D eigenvalue weighted by Crippen LogP contribution is -2.54. The van der Waals surface area contributed by atoms with E-state index in [0.29, 0.717) is 13.1 Å². The molecule has 0 aliphatic carbocycles. The lowest BCUT2D eigenvalue weighted by molar-refractivity contribution is 0.149. The predicted octanol–water partition coefficient (Wildman–Crippen LogP) is 1.29. The van der Waals surface area contributed by atoms with Crippen molar-refractivity contribution >= 4 is 16.1 Å². The smallest absolute Gasteiger partial charge is 0.317 e. The SMILES string of the molecule is CCCC(C)NC(=O)N1CCCCC1CNS(C)(=O)=O. The summed E-state index contributed by atoms with van der Waals surface area (Å²) in [5.41, 5.74) is 0. The summed E-state index contributed by atoms with van der Waals surface area (Å²) in [4.78, 5) is 14.0. The Labute approximate surface area is 122 Å². The van der Waals surface area contributed by atoms with Gasteiger partial charge in [-0.05, 0) is 32.6 Å². The van der Waals surface area contributed by atoms with Crippen molar-refractivity contribution < 1.29 is 13.2 Å². The van der Waals surface area contributed by atoms with E-state index >= 15 is 0 Å². The van der Waals surface area contributed by atoms with E-state index in [1.54, 1.807) is 4.90 Å². The van der Waals surface area contributed by atoms with E-state index in [2.05, 4.69) is 17.0 Å². The topological polar surface area (TPSA) is 78.5 Å². The Morgan fingerprint density at radius 3 is 2.70 bits per heavy atom. The fourth-order valence-corrected chi connectivity index (χ4v) is 3.02. The van der Waals surface area contributed by atoms with Gasteiger partial charge in [-0.25, -0.2) is 17.9 Å². The van der Waals surface area contributed by atoms with Gasteiger partial charge in [0, 0.05) is 25.2 Å². The van der Waals surface area contributed by atoms with Crippen LogP contribution >= 0.6 is 0 Å². The minimum Gasteiger partial charge on any atom is -0.336 e. The van der Waals surface area contributed by atoms with Crippen LogP contribution in [-0.4, -0.2) is 50.8 Å². The summed E-state index contributed by atoms with van der Waals surface area (Å²) in [5, 5.41) is 2.99. The molecule has 2 atom stereocenters. The van der Waals surface area contributed by atoms with E-state index in [1.165, 1.54) is 0 Å². The summed E-state index contributed by atoms with van der Waals surface area (Å²) in [5.74, 6) is 0. The van der Waals surface area contributed by atoms with Gasteiger partial charge in [-0.15, -0.1) is 0 Å². The quantitative estimate of drug-likeness (QED) is 0.776. The largest absolute Gasteiger partial charge is 0.336 e. The monoisotopic (exact) mass is 305 g/mol. The maximum atomic E-state index is 12.3. The second kappa shape index (κ2) is 7.83. The molecule has 1 saturated heterocycles. The first-order chi connectivity index (χ1) is 9.33. The lowest BCUT2D eigenvalue weighted by Gasteiger charge is -2.36. The number of carbonyl (C=O) groups excluding carboxylic acids is 1. The molecule has 0 bridgehead atoms. The molecule has 0 aromatic rings.